The zero-order chi connectivity index (χ0) is 12.9. The van der Waals surface area contributed by atoms with Crippen molar-refractivity contribution in [3.05, 3.63) is 0 Å². The fourth-order valence-corrected chi connectivity index (χ4v) is 3.89. The third kappa shape index (κ3) is 4.27. The minimum absolute atomic E-state index is 0.221. The molecule has 1 aliphatic carbocycles. The van der Waals surface area contributed by atoms with E-state index in [0.717, 1.165) is 13.0 Å². The minimum Gasteiger partial charge on any atom is -0.465 e. The molecule has 0 aromatic heterocycles. The first kappa shape index (κ1) is 14.4. The molecule has 1 N–H and O–H groups in total. The smallest absolute Gasteiger partial charge is 0.321 e. The second-order valence-corrected chi connectivity index (χ2v) is 6.58. The van der Waals surface area contributed by atoms with Crippen molar-refractivity contribution in [3.63, 3.8) is 0 Å². The van der Waals surface area contributed by atoms with E-state index in [9.17, 15) is 13.2 Å². The molecule has 0 aromatic carbocycles. The molecule has 1 saturated carbocycles. The van der Waals surface area contributed by atoms with Gasteiger partial charge in [-0.3, -0.25) is 4.79 Å². The fourth-order valence-electron chi connectivity index (χ4n) is 2.23. The van der Waals surface area contributed by atoms with E-state index in [-0.39, 0.29) is 12.6 Å². The molecule has 0 aromatic rings. The highest BCUT2D eigenvalue weighted by Crippen LogP contribution is 2.26. The van der Waals surface area contributed by atoms with Crippen molar-refractivity contribution in [2.45, 2.75) is 44.4 Å². The molecule has 0 amide bonds. The summed E-state index contributed by atoms with van der Waals surface area (Å²) in [5.74, 6) is -1.12. The van der Waals surface area contributed by atoms with Crippen LogP contribution in [0, 0.1) is 0 Å². The maximum absolute atomic E-state index is 11.9. The third-order valence-electron chi connectivity index (χ3n) is 3.01. The van der Waals surface area contributed by atoms with Crippen molar-refractivity contribution in [1.82, 2.24) is 5.32 Å². The van der Waals surface area contributed by atoms with Crippen molar-refractivity contribution in [2.75, 3.05) is 18.9 Å². The number of hydrogen-bond acceptors (Lipinski definition) is 5. The molecule has 1 rings (SSSR count). The van der Waals surface area contributed by atoms with Gasteiger partial charge in [-0.05, 0) is 32.7 Å². The number of sulfone groups is 1. The molecular weight excluding hydrogens is 242 g/mol. The van der Waals surface area contributed by atoms with Crippen LogP contribution in [-0.2, 0) is 19.4 Å². The predicted molar refractivity (Wildman–Crippen MR) is 65.5 cm³/mol. The summed E-state index contributed by atoms with van der Waals surface area (Å²) in [4.78, 5) is 11.2. The Morgan fingerprint density at radius 1 is 1.35 bits per heavy atom. The van der Waals surface area contributed by atoms with E-state index in [4.69, 9.17) is 0 Å². The second-order valence-electron chi connectivity index (χ2n) is 4.30. The van der Waals surface area contributed by atoms with Crippen LogP contribution < -0.4 is 5.32 Å². The van der Waals surface area contributed by atoms with Gasteiger partial charge in [0.25, 0.3) is 0 Å². The normalized spacial score (nSPS) is 24.8. The first-order valence-electron chi connectivity index (χ1n) is 6.10. The summed E-state index contributed by atoms with van der Waals surface area (Å²) in [6, 6.07) is 0.266. The monoisotopic (exact) mass is 263 g/mol. The van der Waals surface area contributed by atoms with Crippen LogP contribution in [0.15, 0.2) is 0 Å². The Morgan fingerprint density at radius 3 is 2.65 bits per heavy atom. The molecule has 2 atom stereocenters. The van der Waals surface area contributed by atoms with Crippen molar-refractivity contribution in [3.8, 4) is 0 Å². The highest BCUT2D eigenvalue weighted by atomic mass is 32.2. The van der Waals surface area contributed by atoms with Crippen molar-refractivity contribution >= 4 is 15.8 Å². The van der Waals surface area contributed by atoms with Gasteiger partial charge in [0.15, 0.2) is 9.84 Å². The lowest BCUT2D eigenvalue weighted by molar-refractivity contribution is -0.139. The number of esters is 1. The van der Waals surface area contributed by atoms with E-state index in [1.54, 1.807) is 6.92 Å². The summed E-state index contributed by atoms with van der Waals surface area (Å²) >= 11 is 0. The highest BCUT2D eigenvalue weighted by molar-refractivity contribution is 7.92. The molecule has 0 bridgehead atoms. The average Bonchev–Trinajstić information content (AvgIpc) is 2.67. The number of hydrogen-bond donors (Lipinski definition) is 1. The van der Waals surface area contributed by atoms with Crippen LogP contribution in [0.2, 0.25) is 0 Å². The zero-order valence-corrected chi connectivity index (χ0v) is 11.3. The molecule has 100 valence electrons. The van der Waals surface area contributed by atoms with E-state index in [1.165, 1.54) is 0 Å². The third-order valence-corrected chi connectivity index (χ3v) is 5.09. The van der Waals surface area contributed by atoms with Gasteiger partial charge >= 0.3 is 5.97 Å². The van der Waals surface area contributed by atoms with E-state index >= 15 is 0 Å². The van der Waals surface area contributed by atoms with E-state index in [0.29, 0.717) is 12.8 Å². The SMILES string of the molecule is CCNC1CCC(S(=O)(=O)CC(=O)OCC)C1. The first-order chi connectivity index (χ1) is 7.99. The summed E-state index contributed by atoms with van der Waals surface area (Å²) < 4.78 is 28.6. The summed E-state index contributed by atoms with van der Waals surface area (Å²) in [6.07, 6.45) is 2.11. The summed E-state index contributed by atoms with van der Waals surface area (Å²) in [7, 11) is -3.35. The second kappa shape index (κ2) is 6.35. The van der Waals surface area contributed by atoms with Crippen LogP contribution in [0.1, 0.15) is 33.1 Å². The zero-order valence-electron chi connectivity index (χ0n) is 10.4. The van der Waals surface area contributed by atoms with Gasteiger partial charge in [-0.1, -0.05) is 6.92 Å². The maximum atomic E-state index is 11.9. The van der Waals surface area contributed by atoms with Gasteiger partial charge < -0.3 is 10.1 Å². The Bertz CT molecular complexity index is 352. The van der Waals surface area contributed by atoms with Gasteiger partial charge in [0.2, 0.25) is 0 Å². The van der Waals surface area contributed by atoms with Crippen molar-refractivity contribution in [2.24, 2.45) is 0 Å². The fraction of sp³-hybridized carbons (Fsp3) is 0.909. The van der Waals surface area contributed by atoms with Gasteiger partial charge in [0, 0.05) is 6.04 Å². The van der Waals surface area contributed by atoms with Gasteiger partial charge in [-0.2, -0.15) is 0 Å². The number of ether oxygens (including phenoxy) is 1. The lowest BCUT2D eigenvalue weighted by Gasteiger charge is -2.12. The highest BCUT2D eigenvalue weighted by Gasteiger charge is 2.35. The van der Waals surface area contributed by atoms with E-state index in [2.05, 4.69) is 10.1 Å². The van der Waals surface area contributed by atoms with Crippen molar-refractivity contribution in [1.29, 1.82) is 0 Å². The molecule has 6 heteroatoms. The molecule has 1 fully saturated rings. The quantitative estimate of drug-likeness (QED) is 0.706. The average molecular weight is 263 g/mol. The van der Waals surface area contributed by atoms with Crippen LogP contribution in [0.5, 0.6) is 0 Å². The largest absolute Gasteiger partial charge is 0.465 e. The first-order valence-corrected chi connectivity index (χ1v) is 7.81. The molecule has 17 heavy (non-hydrogen) atoms. The van der Waals surface area contributed by atoms with Crippen LogP contribution in [0.4, 0.5) is 0 Å². The van der Waals surface area contributed by atoms with Crippen LogP contribution >= 0.6 is 0 Å². The molecular formula is C11H21NO4S. The van der Waals surface area contributed by atoms with Gasteiger partial charge in [-0.15, -0.1) is 0 Å². The van der Waals surface area contributed by atoms with Crippen LogP contribution in [0.3, 0.4) is 0 Å². The minimum atomic E-state index is -3.35. The standard InChI is InChI=1S/C11H21NO4S/c1-3-12-9-5-6-10(7-9)17(14,15)8-11(13)16-4-2/h9-10,12H,3-8H2,1-2H3. The van der Waals surface area contributed by atoms with Crippen LogP contribution in [0.25, 0.3) is 0 Å². The Labute approximate surface area is 103 Å². The summed E-state index contributed by atoms with van der Waals surface area (Å²) in [5.41, 5.74) is 0. The van der Waals surface area contributed by atoms with Gasteiger partial charge in [-0.25, -0.2) is 8.42 Å². The number of nitrogens with one attached hydrogen (secondary N) is 1. The molecule has 0 aliphatic heterocycles. The number of carbonyl (C=O) groups is 1. The van der Waals surface area contributed by atoms with Gasteiger partial charge in [0.1, 0.15) is 5.75 Å². The molecule has 0 saturated heterocycles. The topological polar surface area (TPSA) is 72.5 Å². The Kier molecular flexibility index (Phi) is 5.39. The molecule has 0 radical (unpaired) electrons. The summed E-state index contributed by atoms with van der Waals surface area (Å²) in [6.45, 7) is 4.73. The molecule has 5 nitrogen and oxygen atoms in total. The molecule has 2 unspecified atom stereocenters. The lowest BCUT2D eigenvalue weighted by Crippen LogP contribution is -2.30. The van der Waals surface area contributed by atoms with E-state index < -0.39 is 26.8 Å². The number of carbonyl (C=O) groups excluding carboxylic acids is 1. The lowest BCUT2D eigenvalue weighted by atomic mass is 10.2. The number of rotatable bonds is 6. The van der Waals surface area contributed by atoms with E-state index in [1.807, 2.05) is 6.92 Å². The maximum Gasteiger partial charge on any atom is 0.321 e. The predicted octanol–water partition coefficient (Wildman–Crippen LogP) is 0.495. The van der Waals surface area contributed by atoms with Crippen LogP contribution in [-0.4, -0.2) is 44.6 Å². The Morgan fingerprint density at radius 2 is 2.06 bits per heavy atom. The summed E-state index contributed by atoms with van der Waals surface area (Å²) in [5, 5.41) is 2.85. The Hall–Kier alpha value is -0.620. The molecule has 0 heterocycles. The molecule has 1 aliphatic rings. The molecule has 0 spiro atoms. The Balaban J connectivity index is 2.52. The van der Waals surface area contributed by atoms with Crippen molar-refractivity contribution < 1.29 is 17.9 Å². The van der Waals surface area contributed by atoms with Gasteiger partial charge in [0.05, 0.1) is 11.9 Å².